The normalized spacial score (nSPS) is 17.9. The Bertz CT molecular complexity index is 1140. The third kappa shape index (κ3) is 2.62. The van der Waals surface area contributed by atoms with E-state index in [2.05, 4.69) is 24.9 Å². The van der Waals surface area contributed by atoms with Crippen molar-refractivity contribution < 1.29 is 4.74 Å². The number of H-pyrrole nitrogens is 1. The average molecular weight is 362 g/mol. The van der Waals surface area contributed by atoms with Crippen molar-refractivity contribution in [2.24, 2.45) is 0 Å². The van der Waals surface area contributed by atoms with Crippen molar-refractivity contribution in [1.82, 2.24) is 9.55 Å². The van der Waals surface area contributed by atoms with Crippen LogP contribution in [0.15, 0.2) is 58.1 Å². The Morgan fingerprint density at radius 3 is 2.67 bits per heavy atom. The molecule has 0 aliphatic heterocycles. The van der Waals surface area contributed by atoms with Crippen LogP contribution < -0.4 is 16.0 Å². The van der Waals surface area contributed by atoms with Crippen LogP contribution in [0.3, 0.4) is 0 Å². The average Bonchev–Trinajstić information content (AvgIpc) is 2.68. The van der Waals surface area contributed by atoms with Gasteiger partial charge in [0, 0.05) is 22.6 Å². The van der Waals surface area contributed by atoms with E-state index in [0.29, 0.717) is 22.7 Å². The molecule has 1 aliphatic rings. The van der Waals surface area contributed by atoms with Crippen LogP contribution in [0.2, 0.25) is 0 Å². The fourth-order valence-corrected chi connectivity index (χ4v) is 4.01. The van der Waals surface area contributed by atoms with Crippen molar-refractivity contribution in [1.29, 1.82) is 0 Å². The zero-order valence-corrected chi connectivity index (χ0v) is 15.7. The summed E-state index contributed by atoms with van der Waals surface area (Å²) in [6.45, 7) is 4.18. The molecule has 1 atom stereocenters. The van der Waals surface area contributed by atoms with Crippen molar-refractivity contribution >= 4 is 0 Å². The maximum atomic E-state index is 13.5. The van der Waals surface area contributed by atoms with Gasteiger partial charge in [-0.25, -0.2) is 9.36 Å². The summed E-state index contributed by atoms with van der Waals surface area (Å²) in [6.07, 6.45) is 1.57. The highest BCUT2D eigenvalue weighted by atomic mass is 16.5. The predicted octanol–water partition coefficient (Wildman–Crippen LogP) is 3.43. The number of benzene rings is 2. The molecule has 0 radical (unpaired) electrons. The number of hydrogen-bond acceptors (Lipinski definition) is 3. The molecule has 138 valence electrons. The number of aromatic amines is 1. The predicted molar refractivity (Wildman–Crippen MR) is 106 cm³/mol. The molecule has 0 fully saturated rings. The molecular formula is C22H22N2O3. The van der Waals surface area contributed by atoms with Crippen LogP contribution in [0.25, 0.3) is 16.9 Å². The molecule has 4 rings (SSSR count). The lowest BCUT2D eigenvalue weighted by Crippen LogP contribution is -2.44. The molecule has 0 bridgehead atoms. The monoisotopic (exact) mass is 362 g/mol. The van der Waals surface area contributed by atoms with Gasteiger partial charge in [0.2, 0.25) is 0 Å². The van der Waals surface area contributed by atoms with Gasteiger partial charge in [0.15, 0.2) is 0 Å². The first-order valence-corrected chi connectivity index (χ1v) is 9.11. The summed E-state index contributed by atoms with van der Waals surface area (Å²) in [7, 11) is 1.56. The second kappa shape index (κ2) is 6.27. The molecule has 5 nitrogen and oxygen atoms in total. The van der Waals surface area contributed by atoms with E-state index in [9.17, 15) is 9.59 Å². The fourth-order valence-electron chi connectivity index (χ4n) is 4.01. The van der Waals surface area contributed by atoms with Gasteiger partial charge in [-0.1, -0.05) is 44.2 Å². The Kier molecular flexibility index (Phi) is 4.02. The Labute approximate surface area is 157 Å². The minimum atomic E-state index is -0.442. The molecule has 1 heterocycles. The third-order valence-corrected chi connectivity index (χ3v) is 5.66. The van der Waals surface area contributed by atoms with Crippen molar-refractivity contribution in [2.45, 2.75) is 32.1 Å². The topological polar surface area (TPSA) is 64.1 Å². The minimum Gasteiger partial charge on any atom is -0.497 e. The van der Waals surface area contributed by atoms with Gasteiger partial charge in [-0.2, -0.15) is 0 Å². The first-order valence-electron chi connectivity index (χ1n) is 9.11. The van der Waals surface area contributed by atoms with E-state index < -0.39 is 5.69 Å². The molecular weight excluding hydrogens is 340 g/mol. The van der Waals surface area contributed by atoms with Crippen LogP contribution in [0.1, 0.15) is 31.4 Å². The summed E-state index contributed by atoms with van der Waals surface area (Å²) in [6, 6.07) is 15.0. The Morgan fingerprint density at radius 1 is 1.15 bits per heavy atom. The molecule has 1 N–H and O–H groups in total. The van der Waals surface area contributed by atoms with Crippen LogP contribution in [-0.2, 0) is 11.8 Å². The number of methoxy groups -OCH3 is 1. The molecule has 0 saturated heterocycles. The van der Waals surface area contributed by atoms with Gasteiger partial charge < -0.3 is 9.72 Å². The third-order valence-electron chi connectivity index (χ3n) is 5.66. The quantitative estimate of drug-likeness (QED) is 0.776. The Hall–Kier alpha value is -3.08. The molecule has 0 saturated carbocycles. The Balaban J connectivity index is 2.07. The summed E-state index contributed by atoms with van der Waals surface area (Å²) in [4.78, 5) is 29.4. The molecule has 0 spiro atoms. The summed E-state index contributed by atoms with van der Waals surface area (Å²) < 4.78 is 6.46. The van der Waals surface area contributed by atoms with Crippen LogP contribution >= 0.6 is 0 Å². The summed E-state index contributed by atoms with van der Waals surface area (Å²) in [5.74, 6) is 0.597. The number of hydrogen-bond donors (Lipinski definition) is 1. The summed E-state index contributed by atoms with van der Waals surface area (Å²) in [5, 5.41) is 0. The van der Waals surface area contributed by atoms with Gasteiger partial charge in [-0.15, -0.1) is 0 Å². The lowest BCUT2D eigenvalue weighted by Gasteiger charge is -2.35. The van der Waals surface area contributed by atoms with Crippen molar-refractivity contribution in [3.05, 3.63) is 80.5 Å². The first kappa shape index (κ1) is 17.3. The number of nitrogens with zero attached hydrogens (tertiary/aromatic N) is 1. The van der Waals surface area contributed by atoms with E-state index in [-0.39, 0.29) is 11.0 Å². The SMILES string of the molecule is CC[C@]1(C)Cc2ccccc2-c2[nH]c(=O)n(-c3cccc(OC)c3)c(=O)c21. The van der Waals surface area contributed by atoms with E-state index in [1.807, 2.05) is 18.2 Å². The highest BCUT2D eigenvalue weighted by molar-refractivity contribution is 5.71. The molecule has 27 heavy (non-hydrogen) atoms. The second-order valence-corrected chi connectivity index (χ2v) is 7.27. The number of fused-ring (bicyclic) bond motifs is 3. The number of rotatable bonds is 3. The lowest BCUT2D eigenvalue weighted by atomic mass is 9.69. The molecule has 0 amide bonds. The molecule has 3 aromatic rings. The zero-order chi connectivity index (χ0) is 19.2. The molecule has 5 heteroatoms. The highest BCUT2D eigenvalue weighted by Crippen LogP contribution is 2.41. The largest absolute Gasteiger partial charge is 0.497 e. The maximum absolute atomic E-state index is 13.5. The lowest BCUT2D eigenvalue weighted by molar-refractivity contribution is 0.414. The minimum absolute atomic E-state index is 0.263. The number of aromatic nitrogens is 2. The van der Waals surface area contributed by atoms with Crippen molar-refractivity contribution in [3.63, 3.8) is 0 Å². The highest BCUT2D eigenvalue weighted by Gasteiger charge is 2.37. The maximum Gasteiger partial charge on any atom is 0.333 e. The van der Waals surface area contributed by atoms with Crippen molar-refractivity contribution in [2.75, 3.05) is 7.11 Å². The van der Waals surface area contributed by atoms with E-state index in [0.717, 1.165) is 24.0 Å². The van der Waals surface area contributed by atoms with Gasteiger partial charge in [0.25, 0.3) is 5.56 Å². The second-order valence-electron chi connectivity index (χ2n) is 7.27. The Morgan fingerprint density at radius 2 is 1.93 bits per heavy atom. The summed E-state index contributed by atoms with van der Waals surface area (Å²) in [5.41, 5.74) is 2.87. The molecule has 2 aromatic carbocycles. The van der Waals surface area contributed by atoms with Crippen LogP contribution in [0.4, 0.5) is 0 Å². The van der Waals surface area contributed by atoms with E-state index in [4.69, 9.17) is 4.74 Å². The van der Waals surface area contributed by atoms with Crippen LogP contribution in [0.5, 0.6) is 5.75 Å². The number of nitrogens with one attached hydrogen (secondary N) is 1. The standard InChI is InChI=1S/C22H22N2O3/c1-4-22(2)13-14-8-5-6-11-17(14)19-18(22)20(25)24(21(26)23-19)15-9-7-10-16(12-15)27-3/h5-12H,4,13H2,1-3H3,(H,23,26)/t22-/m1/s1. The van der Waals surface area contributed by atoms with Gasteiger partial charge in [0.05, 0.1) is 18.5 Å². The van der Waals surface area contributed by atoms with Gasteiger partial charge in [0.1, 0.15) is 5.75 Å². The van der Waals surface area contributed by atoms with Gasteiger partial charge in [-0.3, -0.25) is 4.79 Å². The number of ether oxygens (including phenoxy) is 1. The van der Waals surface area contributed by atoms with E-state index in [1.165, 1.54) is 4.57 Å². The van der Waals surface area contributed by atoms with E-state index in [1.54, 1.807) is 31.4 Å². The molecule has 1 aliphatic carbocycles. The first-order chi connectivity index (χ1) is 13.0. The van der Waals surface area contributed by atoms with Gasteiger partial charge in [-0.05, 0) is 30.5 Å². The zero-order valence-electron chi connectivity index (χ0n) is 15.7. The smallest absolute Gasteiger partial charge is 0.333 e. The van der Waals surface area contributed by atoms with E-state index >= 15 is 0 Å². The van der Waals surface area contributed by atoms with Crippen molar-refractivity contribution in [3.8, 4) is 22.7 Å². The van der Waals surface area contributed by atoms with Gasteiger partial charge >= 0.3 is 5.69 Å². The molecule has 1 aromatic heterocycles. The summed E-state index contributed by atoms with van der Waals surface area (Å²) >= 11 is 0. The van der Waals surface area contributed by atoms with Crippen LogP contribution in [0, 0.1) is 0 Å². The molecule has 0 unspecified atom stereocenters. The van der Waals surface area contributed by atoms with Crippen LogP contribution in [-0.4, -0.2) is 16.7 Å². The fraction of sp³-hybridized carbons (Fsp3) is 0.273.